The first kappa shape index (κ1) is 12.4. The fraction of sp³-hybridized carbons (Fsp3) is 0.385. The summed E-state index contributed by atoms with van der Waals surface area (Å²) in [4.78, 5) is 15.3. The lowest BCUT2D eigenvalue weighted by molar-refractivity contribution is 0.0661. The Morgan fingerprint density at radius 2 is 2.11 bits per heavy atom. The van der Waals surface area contributed by atoms with Crippen molar-refractivity contribution in [2.24, 2.45) is 0 Å². The van der Waals surface area contributed by atoms with E-state index in [1.165, 1.54) is 0 Å². The average molecular weight is 249 g/mol. The molecule has 2 aromatic rings. The molecule has 5 heteroatoms. The van der Waals surface area contributed by atoms with E-state index in [0.717, 1.165) is 12.2 Å². The molecule has 0 saturated carbocycles. The van der Waals surface area contributed by atoms with Crippen molar-refractivity contribution < 1.29 is 18.7 Å². The number of hydrogen-bond acceptors (Lipinski definition) is 4. The van der Waals surface area contributed by atoms with Crippen LogP contribution in [0.3, 0.4) is 0 Å². The Hall–Kier alpha value is -2.04. The summed E-state index contributed by atoms with van der Waals surface area (Å²) >= 11 is 0. The van der Waals surface area contributed by atoms with Crippen LogP contribution in [0.5, 0.6) is 0 Å². The zero-order valence-corrected chi connectivity index (χ0v) is 10.6. The molecule has 0 radical (unpaired) electrons. The van der Waals surface area contributed by atoms with E-state index in [1.807, 2.05) is 13.8 Å². The summed E-state index contributed by atoms with van der Waals surface area (Å²) in [6.07, 6.45) is 1.40. The second-order valence-electron chi connectivity index (χ2n) is 4.18. The van der Waals surface area contributed by atoms with Gasteiger partial charge in [0.1, 0.15) is 11.5 Å². The molecular formula is C13H15NO4. The van der Waals surface area contributed by atoms with Crippen LogP contribution in [0.15, 0.2) is 14.9 Å². The maximum atomic E-state index is 11.1. The minimum absolute atomic E-state index is 0.0786. The van der Waals surface area contributed by atoms with Gasteiger partial charge < -0.3 is 13.9 Å². The van der Waals surface area contributed by atoms with E-state index in [9.17, 15) is 4.79 Å². The molecule has 0 aromatic carbocycles. The number of carboxylic acid groups (broad SMARTS) is 1. The molecule has 5 nitrogen and oxygen atoms in total. The van der Waals surface area contributed by atoms with E-state index in [-0.39, 0.29) is 5.76 Å². The molecule has 18 heavy (non-hydrogen) atoms. The molecule has 0 aliphatic carbocycles. The quantitative estimate of drug-likeness (QED) is 0.900. The first-order valence-electron chi connectivity index (χ1n) is 5.83. The number of carboxylic acids is 1. The van der Waals surface area contributed by atoms with Crippen molar-refractivity contribution in [3.05, 3.63) is 29.0 Å². The number of hydrogen-bond donors (Lipinski definition) is 1. The van der Waals surface area contributed by atoms with Crippen LogP contribution in [-0.4, -0.2) is 16.1 Å². The minimum Gasteiger partial charge on any atom is -0.475 e. The lowest BCUT2D eigenvalue weighted by atomic mass is 10.2. The van der Waals surface area contributed by atoms with Crippen molar-refractivity contribution in [3.63, 3.8) is 0 Å². The fourth-order valence-corrected chi connectivity index (χ4v) is 1.88. The molecule has 96 valence electrons. The van der Waals surface area contributed by atoms with Crippen molar-refractivity contribution in [2.75, 3.05) is 0 Å². The normalized spacial score (nSPS) is 10.8. The number of aryl methyl sites for hydroxylation is 3. The van der Waals surface area contributed by atoms with Crippen molar-refractivity contribution in [2.45, 2.75) is 33.6 Å². The maximum Gasteiger partial charge on any atom is 0.373 e. The van der Waals surface area contributed by atoms with E-state index in [1.54, 1.807) is 13.0 Å². The first-order valence-corrected chi connectivity index (χ1v) is 5.83. The molecule has 2 rings (SSSR count). The fourth-order valence-electron chi connectivity index (χ4n) is 1.88. The molecule has 0 fully saturated rings. The van der Waals surface area contributed by atoms with Crippen LogP contribution in [0, 0.1) is 13.8 Å². The largest absolute Gasteiger partial charge is 0.475 e. The molecule has 0 unspecified atom stereocenters. The van der Waals surface area contributed by atoms with Gasteiger partial charge in [-0.1, -0.05) is 13.3 Å². The van der Waals surface area contributed by atoms with Gasteiger partial charge in [-0.05, 0) is 26.3 Å². The summed E-state index contributed by atoms with van der Waals surface area (Å²) in [6.45, 7) is 5.59. The summed E-state index contributed by atoms with van der Waals surface area (Å²) in [5.74, 6) is 0.564. The number of oxazole rings is 1. The third-order valence-electron chi connectivity index (χ3n) is 2.65. The summed E-state index contributed by atoms with van der Waals surface area (Å²) in [7, 11) is 0. The predicted molar refractivity (Wildman–Crippen MR) is 64.6 cm³/mol. The Morgan fingerprint density at radius 3 is 2.61 bits per heavy atom. The third-order valence-corrected chi connectivity index (χ3v) is 2.65. The maximum absolute atomic E-state index is 11.1. The highest BCUT2D eigenvalue weighted by atomic mass is 16.4. The summed E-state index contributed by atoms with van der Waals surface area (Å²) < 4.78 is 10.7. The molecule has 0 saturated heterocycles. The van der Waals surface area contributed by atoms with Gasteiger partial charge in [-0.3, -0.25) is 0 Å². The SMILES string of the molecule is CCCc1nc(-c2cc(C)oc2C)oc1C(=O)O. The Kier molecular flexibility index (Phi) is 3.23. The average Bonchev–Trinajstić information content (AvgIpc) is 2.83. The topological polar surface area (TPSA) is 76.5 Å². The lowest BCUT2D eigenvalue weighted by Gasteiger charge is -1.91. The van der Waals surface area contributed by atoms with E-state index >= 15 is 0 Å². The van der Waals surface area contributed by atoms with Crippen LogP contribution in [0.4, 0.5) is 0 Å². The van der Waals surface area contributed by atoms with Gasteiger partial charge in [-0.2, -0.15) is 0 Å². The van der Waals surface area contributed by atoms with Gasteiger partial charge >= 0.3 is 5.97 Å². The second-order valence-corrected chi connectivity index (χ2v) is 4.18. The number of furan rings is 1. The minimum atomic E-state index is -1.09. The molecule has 1 N–H and O–H groups in total. The zero-order chi connectivity index (χ0) is 13.3. The van der Waals surface area contributed by atoms with Crippen LogP contribution < -0.4 is 0 Å². The highest BCUT2D eigenvalue weighted by molar-refractivity contribution is 5.86. The van der Waals surface area contributed by atoms with Gasteiger partial charge in [0, 0.05) is 0 Å². The molecular weight excluding hydrogens is 234 g/mol. The predicted octanol–water partition coefficient (Wildman–Crippen LogP) is 3.20. The van der Waals surface area contributed by atoms with Crippen LogP contribution in [-0.2, 0) is 6.42 Å². The molecule has 0 aliphatic rings. The molecule has 0 bridgehead atoms. The van der Waals surface area contributed by atoms with Gasteiger partial charge in [0.25, 0.3) is 0 Å². The van der Waals surface area contributed by atoms with Crippen LogP contribution in [0.2, 0.25) is 0 Å². The summed E-state index contributed by atoms with van der Waals surface area (Å²) in [6, 6.07) is 1.79. The highest BCUT2D eigenvalue weighted by Gasteiger charge is 2.21. The Labute approximate surface area is 104 Å². The molecule has 2 heterocycles. The number of aromatic carboxylic acids is 1. The smallest absolute Gasteiger partial charge is 0.373 e. The van der Waals surface area contributed by atoms with Crippen LogP contribution >= 0.6 is 0 Å². The number of rotatable bonds is 4. The second kappa shape index (κ2) is 4.68. The molecule has 0 aliphatic heterocycles. The Bertz CT molecular complexity index is 580. The van der Waals surface area contributed by atoms with E-state index in [2.05, 4.69) is 4.98 Å². The number of aromatic nitrogens is 1. The Morgan fingerprint density at radius 1 is 1.39 bits per heavy atom. The van der Waals surface area contributed by atoms with Gasteiger partial charge in [0.15, 0.2) is 0 Å². The van der Waals surface area contributed by atoms with E-state index in [4.69, 9.17) is 13.9 Å². The van der Waals surface area contributed by atoms with Crippen molar-refractivity contribution in [3.8, 4) is 11.5 Å². The number of carbonyl (C=O) groups is 1. The number of nitrogens with zero attached hydrogens (tertiary/aromatic N) is 1. The van der Waals surface area contributed by atoms with Crippen LogP contribution in [0.1, 0.15) is 41.1 Å². The van der Waals surface area contributed by atoms with Crippen LogP contribution in [0.25, 0.3) is 11.5 Å². The highest BCUT2D eigenvalue weighted by Crippen LogP contribution is 2.28. The molecule has 0 spiro atoms. The van der Waals surface area contributed by atoms with Crippen molar-refractivity contribution in [1.82, 2.24) is 4.98 Å². The molecule has 0 atom stereocenters. The summed E-state index contributed by atoms with van der Waals surface area (Å²) in [5.41, 5.74) is 1.19. The third kappa shape index (κ3) is 2.16. The van der Waals surface area contributed by atoms with Crippen molar-refractivity contribution in [1.29, 1.82) is 0 Å². The molecule has 0 amide bonds. The van der Waals surface area contributed by atoms with Gasteiger partial charge in [0.05, 0.1) is 11.3 Å². The van der Waals surface area contributed by atoms with E-state index < -0.39 is 5.97 Å². The van der Waals surface area contributed by atoms with Gasteiger partial charge in [-0.15, -0.1) is 0 Å². The first-order chi connectivity index (χ1) is 8.52. The van der Waals surface area contributed by atoms with Gasteiger partial charge in [0.2, 0.25) is 11.7 Å². The Balaban J connectivity index is 2.49. The standard InChI is InChI=1S/C13H15NO4/c1-4-5-10-11(13(15)16)18-12(14-10)9-6-7(2)17-8(9)3/h6H,4-5H2,1-3H3,(H,15,16). The molecule has 2 aromatic heterocycles. The summed E-state index contributed by atoms with van der Waals surface area (Å²) in [5, 5.41) is 9.07. The zero-order valence-electron chi connectivity index (χ0n) is 10.6. The van der Waals surface area contributed by atoms with Crippen molar-refractivity contribution >= 4 is 5.97 Å². The monoisotopic (exact) mass is 249 g/mol. The lowest BCUT2D eigenvalue weighted by Crippen LogP contribution is -1.99. The van der Waals surface area contributed by atoms with Gasteiger partial charge in [-0.25, -0.2) is 9.78 Å². The van der Waals surface area contributed by atoms with E-state index in [0.29, 0.717) is 29.3 Å².